The first kappa shape index (κ1) is 16.1. The Labute approximate surface area is 171 Å². The highest BCUT2D eigenvalue weighted by Gasteiger charge is 2.25. The van der Waals surface area contributed by atoms with Crippen molar-refractivity contribution >= 4 is 59.8 Å². The summed E-state index contributed by atoms with van der Waals surface area (Å²) in [6, 6.07) is 22.5. The van der Waals surface area contributed by atoms with E-state index in [2.05, 4.69) is 77.7 Å². The monoisotopic (exact) mass is 389 g/mol. The number of benzene rings is 4. The quantitative estimate of drug-likeness (QED) is 0.161. The van der Waals surface area contributed by atoms with Crippen molar-refractivity contribution in [2.75, 3.05) is 0 Å². The zero-order chi connectivity index (χ0) is 20.1. The third-order valence-electron chi connectivity index (χ3n) is 6.77. The molecule has 3 aromatic heterocycles. The molecule has 7 aromatic rings. The molecule has 0 unspecified atom stereocenters. The van der Waals surface area contributed by atoms with Gasteiger partial charge in [0.15, 0.2) is 6.20 Å². The summed E-state index contributed by atoms with van der Waals surface area (Å²) in [6.07, 6.45) is 2.13. The summed E-state index contributed by atoms with van der Waals surface area (Å²) in [5.41, 5.74) is 5.60. The van der Waals surface area contributed by atoms with Crippen molar-refractivity contribution in [3.8, 4) is 0 Å². The van der Waals surface area contributed by atoms with Gasteiger partial charge in [-0.2, -0.15) is 0 Å². The summed E-state index contributed by atoms with van der Waals surface area (Å²) in [7, 11) is 2.10. The Morgan fingerprint density at radius 3 is 2.53 bits per heavy atom. The van der Waals surface area contributed by atoms with E-state index in [0.717, 1.165) is 21.9 Å². The van der Waals surface area contributed by atoms with Gasteiger partial charge in [0, 0.05) is 16.8 Å². The molecular formula is C27H18FN2+. The van der Waals surface area contributed by atoms with E-state index in [1.807, 2.05) is 12.1 Å². The highest BCUT2D eigenvalue weighted by atomic mass is 19.1. The first-order chi connectivity index (χ1) is 14.6. The number of aryl methyl sites for hydroxylation is 2. The normalized spacial score (nSPS) is 12.5. The van der Waals surface area contributed by atoms with Crippen molar-refractivity contribution in [3.63, 3.8) is 0 Å². The van der Waals surface area contributed by atoms with Gasteiger partial charge in [-0.05, 0) is 46.8 Å². The maximum Gasteiger partial charge on any atom is 0.224 e. The number of hydrogen-bond donors (Lipinski definition) is 0. The van der Waals surface area contributed by atoms with Gasteiger partial charge in [-0.15, -0.1) is 0 Å². The Balaban J connectivity index is 1.99. The summed E-state index contributed by atoms with van der Waals surface area (Å²) in [5.74, 6) is -0.168. The van der Waals surface area contributed by atoms with E-state index in [9.17, 15) is 0 Å². The van der Waals surface area contributed by atoms with Crippen LogP contribution in [0.15, 0.2) is 72.9 Å². The number of nitrogens with zero attached hydrogens (tertiary/aromatic N) is 2. The average Bonchev–Trinajstić information content (AvgIpc) is 3.11. The SMILES string of the molecule is Cc1c2ccccc2cc2c1c1c3c(ccc4c5c(F)cccc5n2c43)cc[n+]1C. The molecule has 0 aliphatic carbocycles. The smallest absolute Gasteiger partial charge is 0.224 e. The first-order valence-corrected chi connectivity index (χ1v) is 10.2. The zero-order valence-corrected chi connectivity index (χ0v) is 16.7. The van der Waals surface area contributed by atoms with Crippen molar-refractivity contribution in [3.05, 3.63) is 84.3 Å². The summed E-state index contributed by atoms with van der Waals surface area (Å²) < 4.78 is 19.5. The summed E-state index contributed by atoms with van der Waals surface area (Å²) in [5, 5.41) is 7.73. The van der Waals surface area contributed by atoms with Gasteiger partial charge in [0.1, 0.15) is 12.9 Å². The van der Waals surface area contributed by atoms with Crippen LogP contribution in [-0.2, 0) is 7.05 Å². The summed E-state index contributed by atoms with van der Waals surface area (Å²) in [6.45, 7) is 2.21. The molecule has 142 valence electrons. The van der Waals surface area contributed by atoms with E-state index in [0.29, 0.717) is 5.39 Å². The van der Waals surface area contributed by atoms with Crippen LogP contribution >= 0.6 is 0 Å². The molecule has 0 N–H and O–H groups in total. The predicted octanol–water partition coefficient (Wildman–Crippen LogP) is 6.42. The second-order valence-electron chi connectivity index (χ2n) is 8.29. The van der Waals surface area contributed by atoms with Crippen molar-refractivity contribution < 1.29 is 8.96 Å². The minimum absolute atomic E-state index is 0.168. The Morgan fingerprint density at radius 1 is 0.767 bits per heavy atom. The third kappa shape index (κ3) is 1.73. The number of aromatic nitrogens is 2. The van der Waals surface area contributed by atoms with Crippen LogP contribution in [0, 0.1) is 12.7 Å². The molecule has 3 heteroatoms. The largest absolute Gasteiger partial charge is 0.307 e. The molecule has 2 nitrogen and oxygen atoms in total. The van der Waals surface area contributed by atoms with Crippen LogP contribution in [0.1, 0.15) is 5.56 Å². The number of fused-ring (bicyclic) bond motifs is 7. The van der Waals surface area contributed by atoms with E-state index in [4.69, 9.17) is 0 Å². The van der Waals surface area contributed by atoms with Crippen LogP contribution in [0.2, 0.25) is 0 Å². The van der Waals surface area contributed by atoms with E-state index < -0.39 is 0 Å². The lowest BCUT2D eigenvalue weighted by atomic mass is 9.96. The second kappa shape index (κ2) is 5.25. The first-order valence-electron chi connectivity index (χ1n) is 10.2. The molecule has 4 aromatic carbocycles. The van der Waals surface area contributed by atoms with Crippen LogP contribution in [0.25, 0.3) is 59.8 Å². The second-order valence-corrected chi connectivity index (χ2v) is 8.29. The Bertz CT molecular complexity index is 1820. The highest BCUT2D eigenvalue weighted by molar-refractivity contribution is 6.28. The van der Waals surface area contributed by atoms with E-state index in [1.54, 1.807) is 6.07 Å². The van der Waals surface area contributed by atoms with Gasteiger partial charge >= 0.3 is 0 Å². The minimum atomic E-state index is -0.168. The maximum atomic E-state index is 15.1. The molecule has 0 aliphatic heterocycles. The number of rotatable bonds is 0. The predicted molar refractivity (Wildman–Crippen MR) is 122 cm³/mol. The summed E-state index contributed by atoms with van der Waals surface area (Å²) in [4.78, 5) is 0. The van der Waals surface area contributed by atoms with Crippen LogP contribution in [0.3, 0.4) is 0 Å². The summed E-state index contributed by atoms with van der Waals surface area (Å²) >= 11 is 0. The Hall–Kier alpha value is -3.72. The molecule has 0 spiro atoms. The van der Waals surface area contributed by atoms with Gasteiger partial charge in [-0.3, -0.25) is 0 Å². The molecule has 3 heterocycles. The lowest BCUT2D eigenvalue weighted by molar-refractivity contribution is -0.643. The van der Waals surface area contributed by atoms with Gasteiger partial charge in [-0.1, -0.05) is 42.5 Å². The topological polar surface area (TPSA) is 8.29 Å². The van der Waals surface area contributed by atoms with Crippen molar-refractivity contribution in [1.82, 2.24) is 4.40 Å². The standard InChI is InChI=1S/C27H18FN2/c1-15-18-7-4-3-6-17(18)14-22-23(15)27-24-16(12-13-29(27)2)10-11-19-25-20(28)8-5-9-21(25)30(22)26(19)24/h3-14H,1-2H3/q+1. The molecule has 0 saturated carbocycles. The van der Waals surface area contributed by atoms with Crippen LogP contribution in [0.5, 0.6) is 0 Å². The molecule has 0 aliphatic rings. The fraction of sp³-hybridized carbons (Fsp3) is 0.0741. The van der Waals surface area contributed by atoms with Crippen molar-refractivity contribution in [1.29, 1.82) is 0 Å². The maximum absolute atomic E-state index is 15.1. The Morgan fingerprint density at radius 2 is 1.63 bits per heavy atom. The van der Waals surface area contributed by atoms with Gasteiger partial charge in [0.2, 0.25) is 5.52 Å². The molecule has 7 rings (SSSR count). The molecule has 0 saturated heterocycles. The highest BCUT2D eigenvalue weighted by Crippen LogP contribution is 2.42. The molecule has 0 fully saturated rings. The van der Waals surface area contributed by atoms with Gasteiger partial charge in [-0.25, -0.2) is 8.96 Å². The van der Waals surface area contributed by atoms with Crippen molar-refractivity contribution in [2.24, 2.45) is 7.05 Å². The van der Waals surface area contributed by atoms with Gasteiger partial charge < -0.3 is 4.40 Å². The molecule has 0 atom stereocenters. The van der Waals surface area contributed by atoms with Gasteiger partial charge in [0.05, 0.1) is 27.3 Å². The van der Waals surface area contributed by atoms with Crippen LogP contribution < -0.4 is 4.57 Å². The molecule has 0 radical (unpaired) electrons. The van der Waals surface area contributed by atoms with Crippen LogP contribution in [0.4, 0.5) is 4.39 Å². The van der Waals surface area contributed by atoms with E-state index in [-0.39, 0.29) is 5.82 Å². The minimum Gasteiger partial charge on any atom is -0.307 e. The average molecular weight is 389 g/mol. The van der Waals surface area contributed by atoms with Crippen molar-refractivity contribution in [2.45, 2.75) is 6.92 Å². The van der Waals surface area contributed by atoms with Gasteiger partial charge in [0.25, 0.3) is 0 Å². The zero-order valence-electron chi connectivity index (χ0n) is 16.7. The number of halogens is 1. The molecular weight excluding hydrogens is 371 g/mol. The van der Waals surface area contributed by atoms with Crippen LogP contribution in [-0.4, -0.2) is 4.40 Å². The number of pyridine rings is 2. The number of hydrogen-bond acceptors (Lipinski definition) is 0. The molecule has 30 heavy (non-hydrogen) atoms. The molecule has 0 amide bonds. The van der Waals surface area contributed by atoms with E-state index >= 15 is 4.39 Å². The Kier molecular flexibility index (Phi) is 2.82. The fourth-order valence-corrected chi connectivity index (χ4v) is 5.50. The third-order valence-corrected chi connectivity index (χ3v) is 6.77. The van der Waals surface area contributed by atoms with E-state index in [1.165, 1.54) is 38.0 Å². The molecule has 0 bridgehead atoms. The fourth-order valence-electron chi connectivity index (χ4n) is 5.50. The lowest BCUT2D eigenvalue weighted by Gasteiger charge is -2.14. The lowest BCUT2D eigenvalue weighted by Crippen LogP contribution is -2.28.